The van der Waals surface area contributed by atoms with Crippen LogP contribution in [0, 0.1) is 36.4 Å². The second-order valence-corrected chi connectivity index (χ2v) is 13.1. The van der Waals surface area contributed by atoms with Gasteiger partial charge in [0, 0.05) is 28.9 Å². The lowest BCUT2D eigenvalue weighted by Gasteiger charge is -2.42. The molecule has 1 aromatic heterocycles. The fourth-order valence-corrected chi connectivity index (χ4v) is 7.09. The van der Waals surface area contributed by atoms with Crippen molar-refractivity contribution in [3.8, 4) is 6.07 Å². The molecular formula is C30H29FN6O2S2. The fraction of sp³-hybridized carbons (Fsp3) is 0.300. The van der Waals surface area contributed by atoms with Gasteiger partial charge in [0.05, 0.1) is 23.3 Å². The molecule has 1 unspecified atom stereocenters. The maximum absolute atomic E-state index is 15.0. The molecule has 1 aliphatic heterocycles. The van der Waals surface area contributed by atoms with E-state index in [2.05, 4.69) is 21.6 Å². The van der Waals surface area contributed by atoms with Crippen LogP contribution in [0.15, 0.2) is 69.5 Å². The SMILES string of the molecule is Cc1cccc(C)c1NC(=O)CSc1nnc(N2C(N)=C(C#N)C(c3ccccc3F)C3=C2CC(C)(C)CC3=O)s1. The van der Waals surface area contributed by atoms with E-state index >= 15 is 4.39 Å². The lowest BCUT2D eigenvalue weighted by Crippen LogP contribution is -2.42. The molecule has 2 heterocycles. The van der Waals surface area contributed by atoms with Gasteiger partial charge in [-0.15, -0.1) is 10.2 Å². The van der Waals surface area contributed by atoms with E-state index in [1.54, 1.807) is 23.1 Å². The van der Waals surface area contributed by atoms with Gasteiger partial charge < -0.3 is 11.1 Å². The smallest absolute Gasteiger partial charge is 0.234 e. The van der Waals surface area contributed by atoms with Crippen LogP contribution in [0.5, 0.6) is 0 Å². The van der Waals surface area contributed by atoms with Gasteiger partial charge in [0.25, 0.3) is 0 Å². The van der Waals surface area contributed by atoms with Crippen molar-refractivity contribution in [2.45, 2.75) is 50.8 Å². The van der Waals surface area contributed by atoms with Crippen LogP contribution in [0.3, 0.4) is 0 Å². The zero-order chi connectivity index (χ0) is 29.5. The third-order valence-corrected chi connectivity index (χ3v) is 9.30. The summed E-state index contributed by atoms with van der Waals surface area (Å²) in [6, 6.07) is 14.1. The zero-order valence-corrected chi connectivity index (χ0v) is 24.8. The number of hydrogen-bond donors (Lipinski definition) is 2. The molecule has 0 spiro atoms. The Balaban J connectivity index is 1.47. The standard InChI is InChI=1S/C30H29FN6O2S2/c1-16-8-7-9-17(2)26(16)34-23(39)15-40-29-36-35-28(41-29)37-21-12-30(3,4)13-22(38)25(21)24(19(14-32)27(37)33)18-10-5-6-11-20(18)31/h5-11,24H,12-13,15,33H2,1-4H3,(H,34,39). The first-order chi connectivity index (χ1) is 19.5. The molecule has 0 saturated heterocycles. The number of carbonyl (C=O) groups excluding carboxylic acids is 2. The number of halogens is 1. The number of carbonyl (C=O) groups is 2. The summed E-state index contributed by atoms with van der Waals surface area (Å²) in [6.07, 6.45) is 0.731. The van der Waals surface area contributed by atoms with Crippen molar-refractivity contribution in [2.24, 2.45) is 11.1 Å². The Bertz CT molecular complexity index is 1650. The normalized spacial score (nSPS) is 18.3. The van der Waals surface area contributed by atoms with Crippen molar-refractivity contribution >= 4 is 45.6 Å². The lowest BCUT2D eigenvalue weighted by molar-refractivity contribution is -0.118. The second kappa shape index (κ2) is 11.1. The molecule has 3 aromatic rings. The molecule has 5 rings (SSSR count). The number of hydrogen-bond acceptors (Lipinski definition) is 9. The summed E-state index contributed by atoms with van der Waals surface area (Å²) < 4.78 is 15.6. The van der Waals surface area contributed by atoms with Gasteiger partial charge in [-0.2, -0.15) is 5.26 Å². The van der Waals surface area contributed by atoms with Gasteiger partial charge in [0.1, 0.15) is 11.6 Å². The van der Waals surface area contributed by atoms with E-state index in [-0.39, 0.29) is 46.2 Å². The van der Waals surface area contributed by atoms with Crippen LogP contribution >= 0.6 is 23.1 Å². The first-order valence-electron chi connectivity index (χ1n) is 13.0. The van der Waals surface area contributed by atoms with Crippen molar-refractivity contribution in [3.63, 3.8) is 0 Å². The van der Waals surface area contributed by atoms with Crippen LogP contribution in [0.1, 0.15) is 49.3 Å². The first kappa shape index (κ1) is 28.5. The molecule has 1 atom stereocenters. The molecular weight excluding hydrogens is 560 g/mol. The third kappa shape index (κ3) is 5.49. The molecule has 1 aliphatic carbocycles. The van der Waals surface area contributed by atoms with E-state index in [4.69, 9.17) is 5.73 Å². The maximum atomic E-state index is 15.0. The number of para-hydroxylation sites is 1. The Morgan fingerprint density at radius 1 is 1.20 bits per heavy atom. The highest BCUT2D eigenvalue weighted by Crippen LogP contribution is 2.51. The number of rotatable bonds is 6. The summed E-state index contributed by atoms with van der Waals surface area (Å²) in [6.45, 7) is 7.85. The Morgan fingerprint density at radius 3 is 2.59 bits per heavy atom. The predicted octanol–water partition coefficient (Wildman–Crippen LogP) is 5.97. The second-order valence-electron chi connectivity index (χ2n) is 11.0. The molecule has 0 fully saturated rings. The number of anilines is 2. The van der Waals surface area contributed by atoms with E-state index < -0.39 is 11.7 Å². The van der Waals surface area contributed by atoms with Gasteiger partial charge in [-0.05, 0) is 42.9 Å². The number of amides is 1. The van der Waals surface area contributed by atoms with Crippen LogP contribution in [-0.2, 0) is 9.59 Å². The van der Waals surface area contributed by atoms with Crippen molar-refractivity contribution in [2.75, 3.05) is 16.0 Å². The lowest BCUT2D eigenvalue weighted by atomic mass is 9.68. The van der Waals surface area contributed by atoms with Crippen LogP contribution in [0.2, 0.25) is 0 Å². The molecule has 3 N–H and O–H groups in total. The molecule has 210 valence electrons. The van der Waals surface area contributed by atoms with Gasteiger partial charge in [0.2, 0.25) is 11.0 Å². The molecule has 2 aliphatic rings. The van der Waals surface area contributed by atoms with E-state index in [9.17, 15) is 14.9 Å². The number of thioether (sulfide) groups is 1. The molecule has 0 saturated carbocycles. The molecule has 8 nitrogen and oxygen atoms in total. The number of aryl methyl sites for hydroxylation is 2. The van der Waals surface area contributed by atoms with E-state index in [1.165, 1.54) is 29.2 Å². The number of nitrogens with one attached hydrogen (secondary N) is 1. The highest BCUT2D eigenvalue weighted by atomic mass is 32.2. The number of benzene rings is 2. The minimum absolute atomic E-state index is 0.0827. The Labute approximate surface area is 246 Å². The van der Waals surface area contributed by atoms with Gasteiger partial charge in [-0.3, -0.25) is 14.5 Å². The van der Waals surface area contributed by atoms with Crippen LogP contribution in [-0.4, -0.2) is 27.6 Å². The number of allylic oxidation sites excluding steroid dienone is 3. The van der Waals surface area contributed by atoms with Crippen molar-refractivity contribution in [3.05, 3.63) is 87.6 Å². The monoisotopic (exact) mass is 588 g/mol. The number of nitrogens with zero attached hydrogens (tertiary/aromatic N) is 4. The minimum Gasteiger partial charge on any atom is -0.384 e. The van der Waals surface area contributed by atoms with E-state index in [0.717, 1.165) is 16.8 Å². The molecule has 11 heteroatoms. The molecule has 41 heavy (non-hydrogen) atoms. The molecule has 1 amide bonds. The van der Waals surface area contributed by atoms with Crippen molar-refractivity contribution < 1.29 is 14.0 Å². The van der Waals surface area contributed by atoms with Crippen LogP contribution < -0.4 is 16.0 Å². The Morgan fingerprint density at radius 2 is 1.90 bits per heavy atom. The molecule has 0 bridgehead atoms. The number of nitrogens with two attached hydrogens (primary N) is 1. The summed E-state index contributed by atoms with van der Waals surface area (Å²) in [7, 11) is 0. The van der Waals surface area contributed by atoms with E-state index in [0.29, 0.717) is 27.2 Å². The van der Waals surface area contributed by atoms with Crippen LogP contribution in [0.4, 0.5) is 15.2 Å². The highest BCUT2D eigenvalue weighted by Gasteiger charge is 2.46. The number of Topliss-reactive ketones (excluding diaryl/α,β-unsaturated/α-hetero) is 1. The van der Waals surface area contributed by atoms with Crippen molar-refractivity contribution in [1.29, 1.82) is 5.26 Å². The molecule has 0 radical (unpaired) electrons. The Hall–Kier alpha value is -4.01. The fourth-order valence-electron chi connectivity index (χ4n) is 5.41. The summed E-state index contributed by atoms with van der Waals surface area (Å²) in [5, 5.41) is 22.1. The summed E-state index contributed by atoms with van der Waals surface area (Å²) >= 11 is 2.44. The highest BCUT2D eigenvalue weighted by molar-refractivity contribution is 8.01. The number of nitriles is 1. The quantitative estimate of drug-likeness (QED) is 0.338. The minimum atomic E-state index is -0.911. The topological polar surface area (TPSA) is 125 Å². The average molecular weight is 589 g/mol. The van der Waals surface area contributed by atoms with Gasteiger partial charge in [0.15, 0.2) is 10.1 Å². The Kier molecular flexibility index (Phi) is 7.72. The van der Waals surface area contributed by atoms with E-state index in [1.807, 2.05) is 45.9 Å². The average Bonchev–Trinajstić information content (AvgIpc) is 3.37. The van der Waals surface area contributed by atoms with Crippen LogP contribution in [0.25, 0.3) is 0 Å². The third-order valence-electron chi connectivity index (χ3n) is 7.26. The number of ketones is 1. The largest absolute Gasteiger partial charge is 0.384 e. The predicted molar refractivity (Wildman–Crippen MR) is 159 cm³/mol. The summed E-state index contributed by atoms with van der Waals surface area (Å²) in [5.41, 5.74) is 10.2. The number of aromatic nitrogens is 2. The van der Waals surface area contributed by atoms with Gasteiger partial charge in [-0.1, -0.05) is 73.3 Å². The zero-order valence-electron chi connectivity index (χ0n) is 23.1. The summed E-state index contributed by atoms with van der Waals surface area (Å²) in [5.74, 6) is -1.55. The van der Waals surface area contributed by atoms with Crippen molar-refractivity contribution in [1.82, 2.24) is 10.2 Å². The molecule has 2 aromatic carbocycles. The maximum Gasteiger partial charge on any atom is 0.234 e. The summed E-state index contributed by atoms with van der Waals surface area (Å²) in [4.78, 5) is 27.9. The van der Waals surface area contributed by atoms with Gasteiger partial charge in [-0.25, -0.2) is 4.39 Å². The van der Waals surface area contributed by atoms with Gasteiger partial charge >= 0.3 is 0 Å². The first-order valence-corrected chi connectivity index (χ1v) is 14.8.